The number of allylic oxidation sites excluding steroid dienone is 1. The standard InChI is InChI=1S/C13H22O2/c1-8-5-9(2)13(6-14)7-15-11(4)12(8)10(13)3/h5,9-12,14H,6-7H2,1-4H3/t9-,10+,11+,12+,13+/m0/s1. The Morgan fingerprint density at radius 3 is 2.73 bits per heavy atom. The van der Waals surface area contributed by atoms with E-state index in [0.717, 1.165) is 0 Å². The average Bonchev–Trinajstić information content (AvgIpc) is 2.17. The normalized spacial score (nSPS) is 50.1. The van der Waals surface area contributed by atoms with E-state index in [-0.39, 0.29) is 12.0 Å². The van der Waals surface area contributed by atoms with Gasteiger partial charge in [0.1, 0.15) is 0 Å². The maximum atomic E-state index is 9.70. The van der Waals surface area contributed by atoms with E-state index in [1.807, 2.05) is 0 Å². The smallest absolute Gasteiger partial charge is 0.0615 e. The highest BCUT2D eigenvalue weighted by Crippen LogP contribution is 2.51. The van der Waals surface area contributed by atoms with Crippen molar-refractivity contribution in [2.75, 3.05) is 13.2 Å². The molecule has 0 saturated carbocycles. The van der Waals surface area contributed by atoms with Gasteiger partial charge in [0, 0.05) is 11.3 Å². The fraction of sp³-hybridized carbons (Fsp3) is 0.846. The first-order chi connectivity index (χ1) is 7.03. The highest BCUT2D eigenvalue weighted by molar-refractivity contribution is 5.20. The van der Waals surface area contributed by atoms with E-state index < -0.39 is 0 Å². The van der Waals surface area contributed by atoms with Gasteiger partial charge in [-0.05, 0) is 25.7 Å². The molecule has 2 aliphatic rings. The minimum atomic E-state index is -0.0450. The summed E-state index contributed by atoms with van der Waals surface area (Å²) in [6, 6.07) is 0. The van der Waals surface area contributed by atoms with Gasteiger partial charge >= 0.3 is 0 Å². The molecule has 0 aromatic rings. The lowest BCUT2D eigenvalue weighted by atomic mass is 9.56. The zero-order chi connectivity index (χ0) is 11.2. The van der Waals surface area contributed by atoms with Crippen molar-refractivity contribution in [3.8, 4) is 0 Å². The first-order valence-corrected chi connectivity index (χ1v) is 5.93. The van der Waals surface area contributed by atoms with E-state index in [4.69, 9.17) is 4.74 Å². The third kappa shape index (κ3) is 1.38. The Morgan fingerprint density at radius 1 is 1.47 bits per heavy atom. The van der Waals surface area contributed by atoms with Crippen LogP contribution in [0.5, 0.6) is 0 Å². The van der Waals surface area contributed by atoms with Crippen molar-refractivity contribution in [2.45, 2.75) is 33.8 Å². The van der Waals surface area contributed by atoms with Gasteiger partial charge < -0.3 is 9.84 Å². The van der Waals surface area contributed by atoms with Crippen LogP contribution in [-0.2, 0) is 4.74 Å². The lowest BCUT2D eigenvalue weighted by molar-refractivity contribution is -0.157. The number of fused-ring (bicyclic) bond motifs is 2. The summed E-state index contributed by atoms with van der Waals surface area (Å²) in [6.45, 7) is 9.76. The summed E-state index contributed by atoms with van der Waals surface area (Å²) in [4.78, 5) is 0. The molecule has 0 aromatic heterocycles. The Labute approximate surface area is 92.3 Å². The molecule has 2 nitrogen and oxygen atoms in total. The van der Waals surface area contributed by atoms with Gasteiger partial charge in [-0.15, -0.1) is 0 Å². The van der Waals surface area contributed by atoms with E-state index in [0.29, 0.717) is 30.5 Å². The second-order valence-corrected chi connectivity index (χ2v) is 5.42. The number of rotatable bonds is 1. The Morgan fingerprint density at radius 2 is 2.13 bits per heavy atom. The second-order valence-electron chi connectivity index (χ2n) is 5.42. The molecule has 0 aromatic carbocycles. The third-order valence-electron chi connectivity index (χ3n) is 4.81. The number of hydrogen-bond donors (Lipinski definition) is 1. The fourth-order valence-electron chi connectivity index (χ4n) is 3.60. The third-order valence-corrected chi connectivity index (χ3v) is 4.81. The van der Waals surface area contributed by atoms with Gasteiger partial charge in [-0.25, -0.2) is 0 Å². The lowest BCUT2D eigenvalue weighted by Crippen LogP contribution is -2.55. The zero-order valence-corrected chi connectivity index (χ0v) is 10.2. The molecule has 2 rings (SSSR count). The van der Waals surface area contributed by atoms with Gasteiger partial charge in [0.2, 0.25) is 0 Å². The average molecular weight is 210 g/mol. The Balaban J connectivity index is 2.43. The molecule has 2 heteroatoms. The predicted molar refractivity (Wildman–Crippen MR) is 60.5 cm³/mol. The summed E-state index contributed by atoms with van der Waals surface area (Å²) >= 11 is 0. The molecule has 2 bridgehead atoms. The van der Waals surface area contributed by atoms with Crippen LogP contribution < -0.4 is 0 Å². The summed E-state index contributed by atoms with van der Waals surface area (Å²) < 4.78 is 5.85. The Kier molecular flexibility index (Phi) is 2.68. The van der Waals surface area contributed by atoms with Gasteiger partial charge in [-0.1, -0.05) is 25.5 Å². The molecule has 86 valence electrons. The molecule has 1 N–H and O–H groups in total. The lowest BCUT2D eigenvalue weighted by Gasteiger charge is -2.54. The van der Waals surface area contributed by atoms with Crippen LogP contribution >= 0.6 is 0 Å². The van der Waals surface area contributed by atoms with Gasteiger partial charge in [-0.2, -0.15) is 0 Å². The SMILES string of the molecule is CC1=C[C@H](C)[C@@]2(CO)CO[C@H](C)[C@H]1[C@H]2C. The molecule has 15 heavy (non-hydrogen) atoms. The first kappa shape index (κ1) is 11.2. The van der Waals surface area contributed by atoms with Crippen molar-refractivity contribution >= 4 is 0 Å². The Hall–Kier alpha value is -0.340. The van der Waals surface area contributed by atoms with Gasteiger partial charge in [-0.3, -0.25) is 0 Å². The number of aliphatic hydroxyl groups is 1. The number of hydrogen-bond acceptors (Lipinski definition) is 2. The van der Waals surface area contributed by atoms with Crippen LogP contribution in [0.1, 0.15) is 27.7 Å². The molecule has 5 atom stereocenters. The molecule has 1 heterocycles. The molecule has 0 amide bonds. The van der Waals surface area contributed by atoms with Crippen LogP contribution in [0.25, 0.3) is 0 Å². The monoisotopic (exact) mass is 210 g/mol. The summed E-state index contributed by atoms with van der Waals surface area (Å²) in [7, 11) is 0. The highest BCUT2D eigenvalue weighted by Gasteiger charge is 2.51. The van der Waals surface area contributed by atoms with Crippen LogP contribution in [0.2, 0.25) is 0 Å². The zero-order valence-electron chi connectivity index (χ0n) is 10.2. The maximum absolute atomic E-state index is 9.70. The van der Waals surface area contributed by atoms with Crippen molar-refractivity contribution < 1.29 is 9.84 Å². The van der Waals surface area contributed by atoms with Gasteiger partial charge in [0.05, 0.1) is 19.3 Å². The summed E-state index contributed by atoms with van der Waals surface area (Å²) in [6.07, 6.45) is 2.63. The quantitative estimate of drug-likeness (QED) is 0.673. The highest BCUT2D eigenvalue weighted by atomic mass is 16.5. The second kappa shape index (κ2) is 3.60. The van der Waals surface area contributed by atoms with Crippen molar-refractivity contribution in [2.24, 2.45) is 23.2 Å². The van der Waals surface area contributed by atoms with Gasteiger partial charge in [0.15, 0.2) is 0 Å². The van der Waals surface area contributed by atoms with Gasteiger partial charge in [0.25, 0.3) is 0 Å². The molecule has 0 radical (unpaired) electrons. The molecular formula is C13H22O2. The molecular weight excluding hydrogens is 188 g/mol. The van der Waals surface area contributed by atoms with Crippen molar-refractivity contribution in [1.29, 1.82) is 0 Å². The van der Waals surface area contributed by atoms with Crippen molar-refractivity contribution in [1.82, 2.24) is 0 Å². The summed E-state index contributed by atoms with van der Waals surface area (Å²) in [5.41, 5.74) is 1.39. The minimum Gasteiger partial charge on any atom is -0.396 e. The number of aliphatic hydroxyl groups excluding tert-OH is 1. The first-order valence-electron chi connectivity index (χ1n) is 5.93. The van der Waals surface area contributed by atoms with E-state index >= 15 is 0 Å². The van der Waals surface area contributed by atoms with E-state index in [1.165, 1.54) is 5.57 Å². The molecule has 1 fully saturated rings. The van der Waals surface area contributed by atoms with Crippen LogP contribution in [0.15, 0.2) is 11.6 Å². The molecule has 1 aliphatic heterocycles. The van der Waals surface area contributed by atoms with E-state index in [1.54, 1.807) is 0 Å². The van der Waals surface area contributed by atoms with Crippen molar-refractivity contribution in [3.05, 3.63) is 11.6 Å². The minimum absolute atomic E-state index is 0.0450. The molecule has 0 spiro atoms. The summed E-state index contributed by atoms with van der Waals surface area (Å²) in [5.74, 6) is 1.43. The van der Waals surface area contributed by atoms with Crippen LogP contribution in [0.3, 0.4) is 0 Å². The molecule has 1 aliphatic carbocycles. The van der Waals surface area contributed by atoms with Crippen molar-refractivity contribution in [3.63, 3.8) is 0 Å². The van der Waals surface area contributed by atoms with Crippen LogP contribution in [0, 0.1) is 23.2 Å². The summed E-state index contributed by atoms with van der Waals surface area (Å²) in [5, 5.41) is 9.70. The number of ether oxygens (including phenoxy) is 1. The maximum Gasteiger partial charge on any atom is 0.0615 e. The molecule has 0 unspecified atom stereocenters. The topological polar surface area (TPSA) is 29.5 Å². The van der Waals surface area contributed by atoms with E-state index in [2.05, 4.69) is 33.8 Å². The molecule has 1 saturated heterocycles. The van der Waals surface area contributed by atoms with Crippen LogP contribution in [0.4, 0.5) is 0 Å². The largest absolute Gasteiger partial charge is 0.396 e. The van der Waals surface area contributed by atoms with E-state index in [9.17, 15) is 5.11 Å². The predicted octanol–water partition coefficient (Wildman–Crippen LogP) is 2.23. The fourth-order valence-corrected chi connectivity index (χ4v) is 3.60. The Bertz CT molecular complexity index is 284. The van der Waals surface area contributed by atoms with Crippen LogP contribution in [-0.4, -0.2) is 24.4 Å².